The summed E-state index contributed by atoms with van der Waals surface area (Å²) in [5, 5.41) is 5.56. The number of thiophene rings is 1. The molecule has 0 amide bonds. The molecule has 0 saturated carbocycles. The number of hydrogen-bond donors (Lipinski definition) is 2. The van der Waals surface area contributed by atoms with Gasteiger partial charge in [-0.2, -0.15) is 0 Å². The Hall–Kier alpha value is -1.13. The van der Waals surface area contributed by atoms with Crippen molar-refractivity contribution in [3.63, 3.8) is 0 Å². The van der Waals surface area contributed by atoms with E-state index in [-0.39, 0.29) is 0 Å². The molecule has 0 radical (unpaired) electrons. The number of aryl methyl sites for hydroxylation is 1. The Morgan fingerprint density at radius 1 is 1.60 bits per heavy atom. The molecule has 15 heavy (non-hydrogen) atoms. The van der Waals surface area contributed by atoms with Crippen LogP contribution >= 0.6 is 11.3 Å². The molecule has 0 bridgehead atoms. The minimum atomic E-state index is 0.397. The topological polar surface area (TPSA) is 40.7 Å². The monoisotopic (exact) mass is 221 g/mol. The molecule has 2 aromatic heterocycles. The average molecular weight is 221 g/mol. The third-order valence-electron chi connectivity index (χ3n) is 2.32. The summed E-state index contributed by atoms with van der Waals surface area (Å²) in [6, 6.07) is 4.63. The summed E-state index contributed by atoms with van der Waals surface area (Å²) >= 11 is 1.78. The maximum atomic E-state index is 4.16. The molecule has 0 aromatic carbocycles. The third kappa shape index (κ3) is 2.67. The van der Waals surface area contributed by atoms with E-state index in [2.05, 4.69) is 39.7 Å². The first-order chi connectivity index (χ1) is 7.25. The van der Waals surface area contributed by atoms with Gasteiger partial charge >= 0.3 is 0 Å². The van der Waals surface area contributed by atoms with Gasteiger partial charge in [0.1, 0.15) is 5.82 Å². The molecule has 0 unspecified atom stereocenters. The van der Waals surface area contributed by atoms with Gasteiger partial charge in [0.25, 0.3) is 0 Å². The van der Waals surface area contributed by atoms with Gasteiger partial charge in [-0.05, 0) is 25.3 Å². The van der Waals surface area contributed by atoms with Gasteiger partial charge in [0.05, 0.1) is 0 Å². The molecule has 1 atom stereocenters. The lowest BCUT2D eigenvalue weighted by molar-refractivity contribution is 0.576. The fraction of sp³-hybridized carbons (Fsp3) is 0.364. The number of rotatable bonds is 4. The molecule has 2 N–H and O–H groups in total. The Labute approximate surface area is 93.6 Å². The highest BCUT2D eigenvalue weighted by atomic mass is 32.1. The van der Waals surface area contributed by atoms with Crippen LogP contribution in [0.15, 0.2) is 23.7 Å². The van der Waals surface area contributed by atoms with Crippen LogP contribution in [0.4, 0.5) is 0 Å². The van der Waals surface area contributed by atoms with Gasteiger partial charge in [0.15, 0.2) is 0 Å². The second-order valence-electron chi connectivity index (χ2n) is 3.61. The lowest BCUT2D eigenvalue weighted by Crippen LogP contribution is -2.17. The Balaban J connectivity index is 1.88. The van der Waals surface area contributed by atoms with Gasteiger partial charge in [-0.15, -0.1) is 11.3 Å². The zero-order valence-corrected chi connectivity index (χ0v) is 9.77. The summed E-state index contributed by atoms with van der Waals surface area (Å²) < 4.78 is 0. The number of nitrogens with zero attached hydrogens (tertiary/aromatic N) is 1. The van der Waals surface area contributed by atoms with Crippen LogP contribution in [0, 0.1) is 6.92 Å². The molecule has 3 nitrogen and oxygen atoms in total. The predicted molar refractivity (Wildman–Crippen MR) is 62.9 cm³/mol. The number of aromatic nitrogens is 2. The molecule has 2 heterocycles. The van der Waals surface area contributed by atoms with Crippen LogP contribution < -0.4 is 5.32 Å². The second kappa shape index (κ2) is 4.59. The molecule has 0 spiro atoms. The summed E-state index contributed by atoms with van der Waals surface area (Å²) in [6.45, 7) is 4.97. The molecule has 0 aliphatic carbocycles. The van der Waals surface area contributed by atoms with Crippen LogP contribution in [0.1, 0.15) is 29.4 Å². The summed E-state index contributed by atoms with van der Waals surface area (Å²) in [6.07, 6.45) is 1.88. The second-order valence-corrected chi connectivity index (χ2v) is 4.59. The molecule has 80 valence electrons. The smallest absolute Gasteiger partial charge is 0.103 e. The average Bonchev–Trinajstić information content (AvgIpc) is 2.84. The van der Waals surface area contributed by atoms with Gasteiger partial charge < -0.3 is 10.3 Å². The largest absolute Gasteiger partial charge is 0.345 e. The van der Waals surface area contributed by atoms with Crippen molar-refractivity contribution in [3.05, 3.63) is 40.1 Å². The van der Waals surface area contributed by atoms with Gasteiger partial charge in [-0.3, -0.25) is 0 Å². The van der Waals surface area contributed by atoms with Crippen LogP contribution in [0.5, 0.6) is 0 Å². The molecule has 0 saturated heterocycles. The van der Waals surface area contributed by atoms with Crippen molar-refractivity contribution >= 4 is 11.3 Å². The standard InChI is InChI=1S/C11H15N3S/c1-8(11-4-3-5-15-11)12-6-10-7-13-9(2)14-10/h3-5,7-8,12H,6H2,1-2H3,(H,13,14)/t8-/m0/s1. The van der Waals surface area contributed by atoms with E-state index in [0.29, 0.717) is 6.04 Å². The van der Waals surface area contributed by atoms with Gasteiger partial charge in [-0.25, -0.2) is 4.98 Å². The molecule has 0 aliphatic rings. The Morgan fingerprint density at radius 3 is 3.07 bits per heavy atom. The lowest BCUT2D eigenvalue weighted by atomic mass is 10.2. The van der Waals surface area contributed by atoms with Crippen molar-refractivity contribution in [1.82, 2.24) is 15.3 Å². The molecule has 0 fully saturated rings. The van der Waals surface area contributed by atoms with Crippen molar-refractivity contribution < 1.29 is 0 Å². The highest BCUT2D eigenvalue weighted by Crippen LogP contribution is 2.18. The summed E-state index contributed by atoms with van der Waals surface area (Å²) in [4.78, 5) is 8.74. The number of nitrogens with one attached hydrogen (secondary N) is 2. The maximum absolute atomic E-state index is 4.16. The Morgan fingerprint density at radius 2 is 2.47 bits per heavy atom. The highest BCUT2D eigenvalue weighted by molar-refractivity contribution is 7.10. The molecule has 4 heteroatoms. The van der Waals surface area contributed by atoms with Crippen molar-refractivity contribution in [2.45, 2.75) is 26.4 Å². The fourth-order valence-corrected chi connectivity index (χ4v) is 2.22. The van der Waals surface area contributed by atoms with Crippen LogP contribution in [0.3, 0.4) is 0 Å². The third-order valence-corrected chi connectivity index (χ3v) is 3.38. The van der Waals surface area contributed by atoms with Gasteiger partial charge in [-0.1, -0.05) is 6.07 Å². The lowest BCUT2D eigenvalue weighted by Gasteiger charge is -2.10. The van der Waals surface area contributed by atoms with Gasteiger partial charge in [0.2, 0.25) is 0 Å². The first-order valence-electron chi connectivity index (χ1n) is 5.03. The molecule has 2 aromatic rings. The van der Waals surface area contributed by atoms with Crippen LogP contribution in [0.2, 0.25) is 0 Å². The number of H-pyrrole nitrogens is 1. The molecule has 0 aliphatic heterocycles. The minimum absolute atomic E-state index is 0.397. The predicted octanol–water partition coefficient (Wildman–Crippen LogP) is 2.63. The van der Waals surface area contributed by atoms with Crippen molar-refractivity contribution in [1.29, 1.82) is 0 Å². The van der Waals surface area contributed by atoms with E-state index in [1.807, 2.05) is 13.1 Å². The number of imidazole rings is 1. The number of aromatic amines is 1. The highest BCUT2D eigenvalue weighted by Gasteiger charge is 2.05. The van der Waals surface area contributed by atoms with Crippen molar-refractivity contribution in [2.24, 2.45) is 0 Å². The first-order valence-corrected chi connectivity index (χ1v) is 5.91. The van der Waals surface area contributed by atoms with Crippen LogP contribution in [0.25, 0.3) is 0 Å². The normalized spacial score (nSPS) is 12.9. The van der Waals surface area contributed by atoms with E-state index in [0.717, 1.165) is 18.1 Å². The Bertz CT molecular complexity index is 405. The fourth-order valence-electron chi connectivity index (χ4n) is 1.46. The molecular formula is C11H15N3S. The quantitative estimate of drug-likeness (QED) is 0.833. The zero-order valence-electron chi connectivity index (χ0n) is 8.95. The van der Waals surface area contributed by atoms with E-state index in [4.69, 9.17) is 0 Å². The van der Waals surface area contributed by atoms with E-state index >= 15 is 0 Å². The molecular weight excluding hydrogens is 206 g/mol. The van der Waals surface area contributed by atoms with Crippen LogP contribution in [-0.4, -0.2) is 9.97 Å². The summed E-state index contributed by atoms with van der Waals surface area (Å²) in [5.74, 6) is 0.968. The minimum Gasteiger partial charge on any atom is -0.345 e. The summed E-state index contributed by atoms with van der Waals surface area (Å²) in [5.41, 5.74) is 1.14. The van der Waals surface area contributed by atoms with E-state index in [9.17, 15) is 0 Å². The first kappa shape index (κ1) is 10.4. The van der Waals surface area contributed by atoms with E-state index < -0.39 is 0 Å². The maximum Gasteiger partial charge on any atom is 0.103 e. The van der Waals surface area contributed by atoms with E-state index in [1.54, 1.807) is 11.3 Å². The summed E-state index contributed by atoms with van der Waals surface area (Å²) in [7, 11) is 0. The zero-order chi connectivity index (χ0) is 10.7. The van der Waals surface area contributed by atoms with Crippen molar-refractivity contribution in [2.75, 3.05) is 0 Å². The Kier molecular flexibility index (Phi) is 3.18. The van der Waals surface area contributed by atoms with Crippen molar-refractivity contribution in [3.8, 4) is 0 Å². The SMILES string of the molecule is Cc1ncc(CN[C@@H](C)c2cccs2)[nH]1. The van der Waals surface area contributed by atoms with Crippen LogP contribution in [-0.2, 0) is 6.54 Å². The number of hydrogen-bond acceptors (Lipinski definition) is 3. The van der Waals surface area contributed by atoms with E-state index in [1.165, 1.54) is 4.88 Å². The molecule has 2 rings (SSSR count). The van der Waals surface area contributed by atoms with Gasteiger partial charge in [0, 0.05) is 29.4 Å².